The van der Waals surface area contributed by atoms with Gasteiger partial charge in [-0.1, -0.05) is 222 Å². The number of halogens is 2. The van der Waals surface area contributed by atoms with Crippen molar-refractivity contribution in [1.29, 1.82) is 0 Å². The summed E-state index contributed by atoms with van der Waals surface area (Å²) < 4.78 is 48.0. The predicted molar refractivity (Wildman–Crippen MR) is 445 cm³/mol. The van der Waals surface area contributed by atoms with Gasteiger partial charge in [-0.15, -0.1) is 0 Å². The van der Waals surface area contributed by atoms with Gasteiger partial charge in [-0.2, -0.15) is 0 Å². The molecule has 3 aliphatic rings. The normalized spacial score (nSPS) is 15.9. The minimum absolute atomic E-state index is 0.0574. The molecule has 111 heavy (non-hydrogen) atoms. The van der Waals surface area contributed by atoms with Crippen LogP contribution in [-0.2, 0) is 19.3 Å². The highest BCUT2D eigenvalue weighted by Gasteiger charge is 2.44. The zero-order valence-corrected chi connectivity index (χ0v) is 66.3. The third-order valence-electron chi connectivity index (χ3n) is 21.0. The number of phenols is 1. The Morgan fingerprint density at radius 3 is 0.901 bits per heavy atom. The summed E-state index contributed by atoms with van der Waals surface area (Å²) in [5.41, 5.74) is 11.4. The summed E-state index contributed by atoms with van der Waals surface area (Å²) in [6.45, 7) is 33.8. The smallest absolute Gasteiger partial charge is 0.196 e. The number of amidine groups is 3. The maximum absolute atomic E-state index is 14.2. The molecule has 0 unspecified atom stereocenters. The van der Waals surface area contributed by atoms with E-state index in [0.29, 0.717) is 94.6 Å². The van der Waals surface area contributed by atoms with Crippen LogP contribution in [0.3, 0.4) is 0 Å². The average molecular weight is 1490 g/mol. The summed E-state index contributed by atoms with van der Waals surface area (Å²) in [5.74, 6) is 4.01. The maximum atomic E-state index is 14.2. The van der Waals surface area contributed by atoms with Gasteiger partial charge in [0.25, 0.3) is 0 Å². The number of hydrogen-bond donors (Lipinski definition) is 1. The molecule has 1 N–H and O–H groups in total. The first-order valence-corrected chi connectivity index (χ1v) is 38.6. The van der Waals surface area contributed by atoms with E-state index in [-0.39, 0.29) is 85.7 Å². The van der Waals surface area contributed by atoms with E-state index in [1.54, 1.807) is 6.07 Å². The van der Waals surface area contributed by atoms with Crippen molar-refractivity contribution < 1.29 is 27.1 Å². The molecule has 0 spiro atoms. The van der Waals surface area contributed by atoms with E-state index in [4.69, 9.17) is 28.2 Å². The number of aliphatic imine (C=N–C) groups is 3. The Morgan fingerprint density at radius 1 is 0.369 bits per heavy atom. The monoisotopic (exact) mass is 1490 g/mol. The van der Waals surface area contributed by atoms with Crippen molar-refractivity contribution in [2.75, 3.05) is 19.6 Å². The van der Waals surface area contributed by atoms with Crippen LogP contribution >= 0.6 is 0 Å². The van der Waals surface area contributed by atoms with Crippen LogP contribution < -0.4 is 16.3 Å². The zero-order chi connectivity index (χ0) is 79.0. The molecular weight excluding hydrogens is 1390 g/mol. The summed E-state index contributed by atoms with van der Waals surface area (Å²) in [7, 11) is 0. The number of aromatic hydroxyl groups is 1. The van der Waals surface area contributed by atoms with Gasteiger partial charge in [0.15, 0.2) is 16.3 Å². The first-order valence-electron chi connectivity index (χ1n) is 38.6. The standard InChI is InChI=1S/2C32H33FN2O2.C32H34N2O3/c2*1-20(2)28(35-19-32(4,5)34-31(35)23-13-11-21(3)12-14-23)30-26(17-22-9-7-6-8-10-22)29(36)25-16-15-24(33)18-27(25)37-30;1-20(2)28(34-19-32(4,5)33-31(34)23-13-11-21(3)12-14-23)30-26(17-22-9-7-6-8-10-22)29(36)25-16-15-24(35)18-27(25)37-30/h2*6-16,18,20,28H,17,19H2,1-5H3;6-16,18,20,28,35H,17,19H2,1-5H3/t3*28-/m111/s1. The summed E-state index contributed by atoms with van der Waals surface area (Å²) >= 11 is 0. The molecule has 3 aliphatic heterocycles. The van der Waals surface area contributed by atoms with E-state index >= 15 is 0 Å². The Bertz CT molecular complexity index is 5110. The van der Waals surface area contributed by atoms with Gasteiger partial charge in [0.1, 0.15) is 68.9 Å². The molecule has 6 heterocycles. The lowest BCUT2D eigenvalue weighted by atomic mass is 9.91. The lowest BCUT2D eigenvalue weighted by molar-refractivity contribution is 0.210. The van der Waals surface area contributed by atoms with Gasteiger partial charge in [0.2, 0.25) is 0 Å². The van der Waals surface area contributed by atoms with Crippen molar-refractivity contribution in [2.45, 2.75) is 158 Å². The van der Waals surface area contributed by atoms with Gasteiger partial charge in [-0.05, 0) is 133 Å². The highest BCUT2D eigenvalue weighted by atomic mass is 19.1. The van der Waals surface area contributed by atoms with Gasteiger partial charge < -0.3 is 33.1 Å². The molecule has 0 saturated carbocycles. The first kappa shape index (κ1) is 77.8. The molecule has 0 fully saturated rings. The third-order valence-corrected chi connectivity index (χ3v) is 21.0. The lowest BCUT2D eigenvalue weighted by Crippen LogP contribution is -2.39. The van der Waals surface area contributed by atoms with E-state index in [1.165, 1.54) is 65.2 Å². The molecule has 15 heteroatoms. The van der Waals surface area contributed by atoms with Crippen LogP contribution in [0.4, 0.5) is 8.78 Å². The number of hydrogen-bond acceptors (Lipinski definition) is 13. The number of aryl methyl sites for hydroxylation is 3. The van der Waals surface area contributed by atoms with Crippen molar-refractivity contribution in [1.82, 2.24) is 14.7 Å². The van der Waals surface area contributed by atoms with Crippen LogP contribution in [0.2, 0.25) is 0 Å². The van der Waals surface area contributed by atoms with E-state index in [1.807, 2.05) is 91.0 Å². The van der Waals surface area contributed by atoms with Gasteiger partial charge in [0.05, 0.1) is 50.9 Å². The van der Waals surface area contributed by atoms with Gasteiger partial charge >= 0.3 is 0 Å². The lowest BCUT2D eigenvalue weighted by Gasteiger charge is -2.35. The molecule has 0 amide bonds. The highest BCUT2D eigenvalue weighted by Crippen LogP contribution is 2.43. The second kappa shape index (κ2) is 31.9. The van der Waals surface area contributed by atoms with Crippen LogP contribution in [0.15, 0.2) is 261 Å². The molecule has 3 aromatic heterocycles. The Labute approximate surface area is 649 Å². The van der Waals surface area contributed by atoms with E-state index in [2.05, 4.69) is 191 Å². The molecule has 0 saturated heterocycles. The molecule has 12 aromatic rings. The largest absolute Gasteiger partial charge is 0.508 e. The fourth-order valence-corrected chi connectivity index (χ4v) is 15.8. The molecule has 570 valence electrons. The molecular formula is C96H100F2N6O7. The molecule has 0 radical (unpaired) electrons. The SMILES string of the molecule is Cc1ccc(C2=NC(C)(C)CN2[C@@H](c2oc3cc(F)ccc3c(=O)c2Cc2ccccc2)C(C)C)cc1.Cc1ccc(C2=NC(C)(C)CN2[C@@H](c2oc3cc(F)ccc3c(=O)c2Cc2ccccc2)C(C)C)cc1.Cc1ccc(C2=NC(C)(C)CN2[C@@H](c2oc3cc(O)ccc3c(=O)c2Cc2ccccc2)C(C)C)cc1. The number of benzene rings is 9. The van der Waals surface area contributed by atoms with Crippen LogP contribution in [0.5, 0.6) is 5.75 Å². The van der Waals surface area contributed by atoms with Crippen molar-refractivity contribution in [3.63, 3.8) is 0 Å². The molecule has 9 aromatic carbocycles. The van der Waals surface area contributed by atoms with E-state index in [0.717, 1.165) is 50.9 Å². The second-order valence-corrected chi connectivity index (χ2v) is 33.1. The van der Waals surface area contributed by atoms with Crippen molar-refractivity contribution in [2.24, 2.45) is 32.7 Å². The summed E-state index contributed by atoms with van der Waals surface area (Å²) in [6, 6.07) is 67.3. The number of phenolic OH excluding ortho intramolecular Hbond substituents is 1. The minimum Gasteiger partial charge on any atom is -0.508 e. The number of nitrogens with zero attached hydrogens (tertiary/aromatic N) is 6. The summed E-state index contributed by atoms with van der Waals surface area (Å²) in [6.07, 6.45) is 1.33. The first-order chi connectivity index (χ1) is 52.9. The number of rotatable bonds is 18. The third kappa shape index (κ3) is 17.2. The molecule has 0 aliphatic carbocycles. The van der Waals surface area contributed by atoms with Crippen LogP contribution in [0.1, 0.15) is 185 Å². The summed E-state index contributed by atoms with van der Waals surface area (Å²) in [5, 5.41) is 11.4. The van der Waals surface area contributed by atoms with Gasteiger partial charge in [-0.3, -0.25) is 29.4 Å². The predicted octanol–water partition coefficient (Wildman–Crippen LogP) is 20.8. The van der Waals surface area contributed by atoms with Crippen molar-refractivity contribution in [3.8, 4) is 5.75 Å². The highest BCUT2D eigenvalue weighted by molar-refractivity contribution is 6.02. The minimum atomic E-state index is -0.428. The molecule has 15 rings (SSSR count). The fraction of sp³-hybridized carbons (Fsp3) is 0.312. The van der Waals surface area contributed by atoms with Gasteiger partial charge in [-0.25, -0.2) is 8.78 Å². The Kier molecular flexibility index (Phi) is 22.4. The molecule has 3 atom stereocenters. The topological polar surface area (TPSA) is 158 Å². The van der Waals surface area contributed by atoms with Crippen LogP contribution in [0, 0.1) is 50.2 Å². The molecule has 13 nitrogen and oxygen atoms in total. The number of fused-ring (bicyclic) bond motifs is 3. The van der Waals surface area contributed by atoms with Crippen LogP contribution in [0.25, 0.3) is 32.9 Å². The van der Waals surface area contributed by atoms with E-state index < -0.39 is 11.6 Å². The zero-order valence-electron chi connectivity index (χ0n) is 66.3. The van der Waals surface area contributed by atoms with E-state index in [9.17, 15) is 28.3 Å². The summed E-state index contributed by atoms with van der Waals surface area (Å²) in [4.78, 5) is 63.9. The van der Waals surface area contributed by atoms with Gasteiger partial charge in [0, 0.05) is 90.5 Å². The Balaban J connectivity index is 0.000000146. The van der Waals surface area contributed by atoms with Crippen molar-refractivity contribution >= 4 is 50.4 Å². The Hall–Kier alpha value is -11.3. The second-order valence-electron chi connectivity index (χ2n) is 33.1. The molecule has 0 bridgehead atoms. The fourth-order valence-electron chi connectivity index (χ4n) is 15.8. The quantitative estimate of drug-likeness (QED) is 0.0877. The van der Waals surface area contributed by atoms with Crippen molar-refractivity contribution in [3.05, 3.63) is 345 Å². The maximum Gasteiger partial charge on any atom is 0.196 e. The average Bonchev–Trinajstić information content (AvgIpc) is 1.75. The van der Waals surface area contributed by atoms with Crippen LogP contribution in [-0.4, -0.2) is 73.6 Å². The Morgan fingerprint density at radius 2 is 0.631 bits per heavy atom.